The molecule has 1 aromatic carbocycles. The fourth-order valence-electron chi connectivity index (χ4n) is 1.95. The van der Waals surface area contributed by atoms with Crippen molar-refractivity contribution in [2.75, 3.05) is 12.0 Å². The number of hydrogen-bond acceptors (Lipinski definition) is 3. The maximum atomic E-state index is 12.1. The van der Waals surface area contributed by atoms with E-state index in [1.165, 1.54) is 0 Å². The molecule has 19 heavy (non-hydrogen) atoms. The molecule has 0 spiro atoms. The molecule has 0 aliphatic carbocycles. The molecular formula is C15H24N2OS. The smallest absolute Gasteiger partial charge is 0.237 e. The van der Waals surface area contributed by atoms with Gasteiger partial charge in [-0.25, -0.2) is 0 Å². The first-order valence-electron chi connectivity index (χ1n) is 6.78. The molecule has 1 amide bonds. The number of nitrogens with two attached hydrogens (primary N) is 1. The van der Waals surface area contributed by atoms with Gasteiger partial charge in [0.2, 0.25) is 5.91 Å². The predicted molar refractivity (Wildman–Crippen MR) is 83.2 cm³/mol. The minimum Gasteiger partial charge on any atom is -0.348 e. The molecule has 1 aromatic rings. The summed E-state index contributed by atoms with van der Waals surface area (Å²) in [6.45, 7) is 2.12. The van der Waals surface area contributed by atoms with E-state index in [9.17, 15) is 4.79 Å². The molecule has 0 fully saturated rings. The molecule has 2 atom stereocenters. The van der Waals surface area contributed by atoms with Crippen molar-refractivity contribution >= 4 is 17.7 Å². The predicted octanol–water partition coefficient (Wildman–Crippen LogP) is 2.72. The van der Waals surface area contributed by atoms with E-state index in [2.05, 4.69) is 12.2 Å². The first kappa shape index (κ1) is 16.1. The van der Waals surface area contributed by atoms with E-state index in [0.717, 1.165) is 30.6 Å². The van der Waals surface area contributed by atoms with E-state index < -0.39 is 6.04 Å². The van der Waals surface area contributed by atoms with Crippen LogP contribution in [0.15, 0.2) is 30.3 Å². The molecule has 3 nitrogen and oxygen atoms in total. The number of benzene rings is 1. The lowest BCUT2D eigenvalue weighted by Gasteiger charge is -2.21. The first-order chi connectivity index (χ1) is 9.19. The summed E-state index contributed by atoms with van der Waals surface area (Å²) in [5, 5.41) is 3.07. The Bertz CT molecular complexity index is 370. The van der Waals surface area contributed by atoms with E-state index >= 15 is 0 Å². The number of carbonyl (C=O) groups is 1. The Hall–Kier alpha value is -1.00. The van der Waals surface area contributed by atoms with Crippen molar-refractivity contribution in [3.63, 3.8) is 0 Å². The minimum atomic E-state index is -0.407. The molecule has 0 aliphatic rings. The summed E-state index contributed by atoms with van der Waals surface area (Å²) in [5.41, 5.74) is 7.05. The summed E-state index contributed by atoms with van der Waals surface area (Å²) in [7, 11) is 0. The molecule has 1 rings (SSSR count). The van der Waals surface area contributed by atoms with Crippen LogP contribution < -0.4 is 11.1 Å². The van der Waals surface area contributed by atoms with E-state index in [1.54, 1.807) is 11.8 Å². The fourth-order valence-corrected chi connectivity index (χ4v) is 2.44. The highest BCUT2D eigenvalue weighted by molar-refractivity contribution is 7.98. The second kappa shape index (κ2) is 8.99. The molecule has 0 bridgehead atoms. The van der Waals surface area contributed by atoms with E-state index in [-0.39, 0.29) is 11.9 Å². The third-order valence-corrected chi connectivity index (χ3v) is 3.71. The van der Waals surface area contributed by atoms with Gasteiger partial charge in [0, 0.05) is 0 Å². The van der Waals surface area contributed by atoms with E-state index in [4.69, 9.17) is 5.73 Å². The van der Waals surface area contributed by atoms with Crippen LogP contribution in [0.25, 0.3) is 0 Å². The van der Waals surface area contributed by atoms with Gasteiger partial charge >= 0.3 is 0 Å². The molecule has 0 saturated heterocycles. The van der Waals surface area contributed by atoms with Crippen LogP contribution in [0.3, 0.4) is 0 Å². The van der Waals surface area contributed by atoms with Gasteiger partial charge in [0.25, 0.3) is 0 Å². The lowest BCUT2D eigenvalue weighted by Crippen LogP contribution is -2.42. The van der Waals surface area contributed by atoms with Crippen LogP contribution in [0.4, 0.5) is 0 Å². The van der Waals surface area contributed by atoms with Gasteiger partial charge in [-0.1, -0.05) is 43.7 Å². The highest BCUT2D eigenvalue weighted by atomic mass is 32.2. The summed E-state index contributed by atoms with van der Waals surface area (Å²) in [6, 6.07) is 9.74. The van der Waals surface area contributed by atoms with Gasteiger partial charge in [0.15, 0.2) is 0 Å². The summed E-state index contributed by atoms with van der Waals surface area (Å²) in [4.78, 5) is 12.1. The van der Waals surface area contributed by atoms with Crippen LogP contribution in [0.5, 0.6) is 0 Å². The summed E-state index contributed by atoms with van der Waals surface area (Å²) in [6.07, 6.45) is 4.71. The van der Waals surface area contributed by atoms with Gasteiger partial charge in [-0.3, -0.25) is 4.79 Å². The van der Waals surface area contributed by atoms with Crippen LogP contribution in [0.2, 0.25) is 0 Å². The molecule has 0 saturated carbocycles. The van der Waals surface area contributed by atoms with Crippen molar-refractivity contribution in [3.8, 4) is 0 Å². The van der Waals surface area contributed by atoms with Crippen molar-refractivity contribution in [3.05, 3.63) is 35.9 Å². The quantitative estimate of drug-likeness (QED) is 0.770. The Balaban J connectivity index is 2.61. The largest absolute Gasteiger partial charge is 0.348 e. The molecule has 0 aromatic heterocycles. The Morgan fingerprint density at radius 3 is 2.58 bits per heavy atom. The van der Waals surface area contributed by atoms with Crippen molar-refractivity contribution in [1.82, 2.24) is 5.32 Å². The standard InChI is InChI=1S/C15H24N2OS/c1-3-7-14(12-8-5-4-6-9-12)17-15(18)13(16)10-11-19-2/h4-6,8-9,13-14H,3,7,10-11,16H2,1-2H3,(H,17,18)/t13-,14?/m1/s1. The van der Waals surface area contributed by atoms with Gasteiger partial charge in [-0.05, 0) is 30.4 Å². The number of thioether (sulfide) groups is 1. The maximum Gasteiger partial charge on any atom is 0.237 e. The molecule has 0 heterocycles. The second-order valence-corrected chi connectivity index (χ2v) is 5.63. The van der Waals surface area contributed by atoms with Crippen molar-refractivity contribution < 1.29 is 4.79 Å². The molecule has 1 unspecified atom stereocenters. The average molecular weight is 280 g/mol. The lowest BCUT2D eigenvalue weighted by molar-refractivity contribution is -0.123. The van der Waals surface area contributed by atoms with E-state index in [0.29, 0.717) is 0 Å². The first-order valence-corrected chi connectivity index (χ1v) is 8.18. The summed E-state index contributed by atoms with van der Waals surface area (Å²) in [5.74, 6) is 0.870. The van der Waals surface area contributed by atoms with Crippen molar-refractivity contribution in [2.45, 2.75) is 38.3 Å². The minimum absolute atomic E-state index is 0.0450. The fraction of sp³-hybridized carbons (Fsp3) is 0.533. The van der Waals surface area contributed by atoms with Crippen molar-refractivity contribution in [1.29, 1.82) is 0 Å². The molecule has 4 heteroatoms. The van der Waals surface area contributed by atoms with Crippen LogP contribution >= 0.6 is 11.8 Å². The third kappa shape index (κ3) is 5.66. The zero-order chi connectivity index (χ0) is 14.1. The zero-order valence-electron chi connectivity index (χ0n) is 11.8. The van der Waals surface area contributed by atoms with Gasteiger partial charge < -0.3 is 11.1 Å². The van der Waals surface area contributed by atoms with Gasteiger partial charge in [-0.15, -0.1) is 0 Å². The monoisotopic (exact) mass is 280 g/mol. The number of rotatable bonds is 8. The summed E-state index contributed by atoms with van der Waals surface area (Å²) < 4.78 is 0. The zero-order valence-corrected chi connectivity index (χ0v) is 12.6. The lowest BCUT2D eigenvalue weighted by atomic mass is 10.0. The molecule has 0 radical (unpaired) electrons. The van der Waals surface area contributed by atoms with Gasteiger partial charge in [0.05, 0.1) is 12.1 Å². The maximum absolute atomic E-state index is 12.1. The highest BCUT2D eigenvalue weighted by Gasteiger charge is 2.18. The van der Waals surface area contributed by atoms with Crippen LogP contribution in [0.1, 0.15) is 37.8 Å². The molecule has 0 aliphatic heterocycles. The number of carbonyl (C=O) groups excluding carboxylic acids is 1. The topological polar surface area (TPSA) is 55.1 Å². The SMILES string of the molecule is CCCC(NC(=O)[C@H](N)CCSC)c1ccccc1. The molecule has 3 N–H and O–H groups in total. The normalized spacial score (nSPS) is 13.8. The van der Waals surface area contributed by atoms with Crippen molar-refractivity contribution in [2.24, 2.45) is 5.73 Å². The second-order valence-electron chi connectivity index (χ2n) is 4.65. The Kier molecular flexibility index (Phi) is 7.60. The Morgan fingerprint density at radius 1 is 1.32 bits per heavy atom. The highest BCUT2D eigenvalue weighted by Crippen LogP contribution is 2.18. The third-order valence-electron chi connectivity index (χ3n) is 3.07. The van der Waals surface area contributed by atoms with Gasteiger partial charge in [0.1, 0.15) is 0 Å². The van der Waals surface area contributed by atoms with E-state index in [1.807, 2.05) is 36.6 Å². The van der Waals surface area contributed by atoms with Crippen LogP contribution in [0, 0.1) is 0 Å². The average Bonchev–Trinajstić information content (AvgIpc) is 2.45. The molecule has 106 valence electrons. The summed E-state index contributed by atoms with van der Waals surface area (Å²) >= 11 is 1.71. The number of amides is 1. The number of nitrogens with one attached hydrogen (secondary N) is 1. The Labute approximate surface area is 120 Å². The van der Waals surface area contributed by atoms with Crippen LogP contribution in [-0.2, 0) is 4.79 Å². The van der Waals surface area contributed by atoms with Gasteiger partial charge in [-0.2, -0.15) is 11.8 Å². The number of hydrogen-bond donors (Lipinski definition) is 2. The van der Waals surface area contributed by atoms with Crippen LogP contribution in [-0.4, -0.2) is 24.0 Å². The Morgan fingerprint density at radius 2 is 2.00 bits per heavy atom. The molecular weight excluding hydrogens is 256 g/mol.